The number of rotatable bonds is 3. The molecule has 118 valence electrons. The number of alkyl halides is 3. The summed E-state index contributed by atoms with van der Waals surface area (Å²) in [6, 6.07) is 2.77. The minimum atomic E-state index is -4.81. The van der Waals surface area contributed by atoms with E-state index in [2.05, 4.69) is 10.6 Å². The summed E-state index contributed by atoms with van der Waals surface area (Å²) in [5.74, 6) is -2.36. The van der Waals surface area contributed by atoms with E-state index in [0.717, 1.165) is 31.5 Å². The second kappa shape index (κ2) is 7.09. The molecule has 8 heteroatoms. The van der Waals surface area contributed by atoms with Crippen molar-refractivity contribution < 1.29 is 22.4 Å². The smallest absolute Gasteiger partial charge is 0.350 e. The van der Waals surface area contributed by atoms with E-state index in [1.165, 1.54) is 0 Å². The quantitative estimate of drug-likeness (QED) is 0.839. The molecule has 0 radical (unpaired) electrons. The van der Waals surface area contributed by atoms with E-state index in [4.69, 9.17) is 0 Å². The summed E-state index contributed by atoms with van der Waals surface area (Å²) < 4.78 is 51.3. The van der Waals surface area contributed by atoms with Crippen LogP contribution in [0.15, 0.2) is 18.2 Å². The van der Waals surface area contributed by atoms with Crippen LogP contribution in [0.1, 0.15) is 28.8 Å². The molecule has 2 rings (SSSR count). The molecule has 1 aromatic carbocycles. The van der Waals surface area contributed by atoms with Crippen molar-refractivity contribution in [3.63, 3.8) is 0 Å². The first-order valence-corrected chi connectivity index (χ1v) is 6.27. The first kappa shape index (κ1) is 17.7. The third-order valence-corrected chi connectivity index (χ3v) is 3.22. The molecule has 1 aromatic rings. The highest BCUT2D eigenvalue weighted by atomic mass is 35.5. The molecule has 0 aliphatic carbocycles. The van der Waals surface area contributed by atoms with E-state index in [9.17, 15) is 22.4 Å². The van der Waals surface area contributed by atoms with Crippen molar-refractivity contribution in [2.45, 2.75) is 25.1 Å². The highest BCUT2D eigenvalue weighted by Crippen LogP contribution is 2.32. The molecule has 1 unspecified atom stereocenters. The maximum atomic E-state index is 13.7. The lowest BCUT2D eigenvalue weighted by Gasteiger charge is -2.13. The minimum absolute atomic E-state index is 0. The number of halogens is 5. The Bertz CT molecular complexity index is 501. The van der Waals surface area contributed by atoms with E-state index >= 15 is 0 Å². The van der Waals surface area contributed by atoms with Gasteiger partial charge in [-0.1, -0.05) is 6.07 Å². The van der Waals surface area contributed by atoms with E-state index in [1.807, 2.05) is 0 Å². The summed E-state index contributed by atoms with van der Waals surface area (Å²) >= 11 is 0. The standard InChI is InChI=1S/C13H14F4N2O.ClH/c14-11-9(4-1-5-10(11)13(15,16)17)12(20)19-7-8-3-2-6-18-8;/h1,4-5,8,18H,2-3,6-7H2,(H,19,20);1H. The van der Waals surface area contributed by atoms with Crippen LogP contribution in [0.2, 0.25) is 0 Å². The lowest BCUT2D eigenvalue weighted by Crippen LogP contribution is -2.37. The lowest BCUT2D eigenvalue weighted by molar-refractivity contribution is -0.140. The minimum Gasteiger partial charge on any atom is -0.350 e. The van der Waals surface area contributed by atoms with Gasteiger partial charge in [0.25, 0.3) is 5.91 Å². The molecule has 0 aromatic heterocycles. The molecular weight excluding hydrogens is 312 g/mol. The predicted octanol–water partition coefficient (Wildman–Crippen LogP) is 2.75. The predicted molar refractivity (Wildman–Crippen MR) is 72.0 cm³/mol. The van der Waals surface area contributed by atoms with Gasteiger partial charge in [-0.2, -0.15) is 13.2 Å². The van der Waals surface area contributed by atoms with Gasteiger partial charge in [0.15, 0.2) is 0 Å². The third-order valence-electron chi connectivity index (χ3n) is 3.22. The maximum absolute atomic E-state index is 13.7. The van der Waals surface area contributed by atoms with Crippen LogP contribution in [0.3, 0.4) is 0 Å². The molecule has 1 atom stereocenters. The number of carbonyl (C=O) groups is 1. The van der Waals surface area contributed by atoms with Crippen LogP contribution in [-0.4, -0.2) is 25.0 Å². The summed E-state index contributed by atoms with van der Waals surface area (Å²) in [4.78, 5) is 11.8. The van der Waals surface area contributed by atoms with Gasteiger partial charge in [-0.15, -0.1) is 12.4 Å². The highest BCUT2D eigenvalue weighted by Gasteiger charge is 2.35. The van der Waals surface area contributed by atoms with Crippen molar-refractivity contribution in [2.24, 2.45) is 0 Å². The van der Waals surface area contributed by atoms with Crippen molar-refractivity contribution >= 4 is 18.3 Å². The zero-order chi connectivity index (χ0) is 14.8. The highest BCUT2D eigenvalue weighted by molar-refractivity contribution is 5.94. The first-order valence-electron chi connectivity index (χ1n) is 6.27. The SMILES string of the molecule is Cl.O=C(NCC1CCCN1)c1cccc(C(F)(F)F)c1F. The molecule has 2 N–H and O–H groups in total. The Kier molecular flexibility index (Phi) is 5.98. The van der Waals surface area contributed by atoms with Crippen molar-refractivity contribution in [1.29, 1.82) is 0 Å². The third kappa shape index (κ3) is 4.31. The van der Waals surface area contributed by atoms with Gasteiger partial charge in [0.1, 0.15) is 5.82 Å². The molecule has 1 aliphatic rings. The van der Waals surface area contributed by atoms with Crippen LogP contribution >= 0.6 is 12.4 Å². The summed E-state index contributed by atoms with van der Waals surface area (Å²) in [6.07, 6.45) is -2.95. The molecule has 0 saturated carbocycles. The molecule has 0 bridgehead atoms. The van der Waals surface area contributed by atoms with Gasteiger partial charge >= 0.3 is 6.18 Å². The van der Waals surface area contributed by atoms with E-state index in [0.29, 0.717) is 6.07 Å². The fraction of sp³-hybridized carbons (Fsp3) is 0.462. The van der Waals surface area contributed by atoms with Crippen LogP contribution in [0.25, 0.3) is 0 Å². The Morgan fingerprint density at radius 1 is 1.38 bits per heavy atom. The zero-order valence-corrected chi connectivity index (χ0v) is 11.8. The van der Waals surface area contributed by atoms with Crippen LogP contribution in [0.5, 0.6) is 0 Å². The van der Waals surface area contributed by atoms with Crippen LogP contribution < -0.4 is 10.6 Å². The van der Waals surface area contributed by atoms with Crippen LogP contribution in [-0.2, 0) is 6.18 Å². The lowest BCUT2D eigenvalue weighted by atomic mass is 10.1. The molecule has 21 heavy (non-hydrogen) atoms. The van der Waals surface area contributed by atoms with Gasteiger partial charge in [0.2, 0.25) is 0 Å². The van der Waals surface area contributed by atoms with Gasteiger partial charge in [-0.25, -0.2) is 4.39 Å². The summed E-state index contributed by atoms with van der Waals surface area (Å²) in [7, 11) is 0. The normalized spacial score (nSPS) is 18.2. The number of hydrogen-bond acceptors (Lipinski definition) is 2. The Morgan fingerprint density at radius 2 is 2.10 bits per heavy atom. The Hall–Kier alpha value is -1.34. The second-order valence-corrected chi connectivity index (χ2v) is 4.67. The molecule has 3 nitrogen and oxygen atoms in total. The average Bonchev–Trinajstić information content (AvgIpc) is 2.88. The second-order valence-electron chi connectivity index (χ2n) is 4.67. The summed E-state index contributed by atoms with van der Waals surface area (Å²) in [5, 5.41) is 5.58. The zero-order valence-electron chi connectivity index (χ0n) is 11.0. The van der Waals surface area contributed by atoms with Gasteiger partial charge in [-0.3, -0.25) is 4.79 Å². The van der Waals surface area contributed by atoms with Crippen LogP contribution in [0.4, 0.5) is 17.6 Å². The van der Waals surface area contributed by atoms with Gasteiger partial charge in [0, 0.05) is 12.6 Å². The monoisotopic (exact) mass is 326 g/mol. The van der Waals surface area contributed by atoms with Gasteiger partial charge in [0.05, 0.1) is 11.1 Å². The molecule has 1 saturated heterocycles. The molecule has 1 aliphatic heterocycles. The Labute approximate surface area is 125 Å². The number of hydrogen-bond donors (Lipinski definition) is 2. The van der Waals surface area contributed by atoms with E-state index < -0.39 is 29.0 Å². The summed E-state index contributed by atoms with van der Waals surface area (Å²) in [5.41, 5.74) is -2.01. The van der Waals surface area contributed by atoms with Gasteiger partial charge < -0.3 is 10.6 Å². The molecule has 0 spiro atoms. The molecular formula is C13H15ClF4N2O. The molecule has 1 heterocycles. The number of amides is 1. The number of nitrogens with one attached hydrogen (secondary N) is 2. The van der Waals surface area contributed by atoms with E-state index in [-0.39, 0.29) is 25.0 Å². The maximum Gasteiger partial charge on any atom is 0.419 e. The Balaban J connectivity index is 0.00000220. The number of benzene rings is 1. The largest absolute Gasteiger partial charge is 0.419 e. The average molecular weight is 327 g/mol. The van der Waals surface area contributed by atoms with Crippen molar-refractivity contribution in [1.82, 2.24) is 10.6 Å². The molecule has 1 fully saturated rings. The summed E-state index contributed by atoms with van der Waals surface area (Å²) in [6.45, 7) is 1.12. The fourth-order valence-electron chi connectivity index (χ4n) is 2.17. The van der Waals surface area contributed by atoms with Crippen molar-refractivity contribution in [3.8, 4) is 0 Å². The molecule has 1 amide bonds. The van der Waals surface area contributed by atoms with Crippen molar-refractivity contribution in [3.05, 3.63) is 35.1 Å². The van der Waals surface area contributed by atoms with E-state index in [1.54, 1.807) is 0 Å². The van der Waals surface area contributed by atoms with Gasteiger partial charge in [-0.05, 0) is 31.5 Å². The Morgan fingerprint density at radius 3 is 2.67 bits per heavy atom. The fourth-order valence-corrected chi connectivity index (χ4v) is 2.17. The van der Waals surface area contributed by atoms with Crippen LogP contribution in [0, 0.1) is 5.82 Å². The number of carbonyl (C=O) groups excluding carboxylic acids is 1. The topological polar surface area (TPSA) is 41.1 Å². The van der Waals surface area contributed by atoms with Crippen molar-refractivity contribution in [2.75, 3.05) is 13.1 Å². The first-order chi connectivity index (χ1) is 9.39.